The van der Waals surface area contributed by atoms with Crippen molar-refractivity contribution in [3.05, 3.63) is 23.9 Å². The Morgan fingerprint density at radius 3 is 2.80 bits per heavy atom. The number of hydrogen-bond acceptors (Lipinski definition) is 3. The predicted molar refractivity (Wildman–Crippen MR) is 86.0 cm³/mol. The highest BCUT2D eigenvalue weighted by atomic mass is 15.2. The normalized spacial score (nSPS) is 20.0. The average molecular weight is 275 g/mol. The summed E-state index contributed by atoms with van der Waals surface area (Å²) in [6.07, 6.45) is 4.46. The van der Waals surface area contributed by atoms with Crippen LogP contribution in [0.4, 0.5) is 5.82 Å². The van der Waals surface area contributed by atoms with Crippen LogP contribution in [0.25, 0.3) is 0 Å². The molecule has 2 heterocycles. The summed E-state index contributed by atoms with van der Waals surface area (Å²) in [5.41, 5.74) is 1.38. The van der Waals surface area contributed by atoms with Crippen LogP contribution >= 0.6 is 0 Å². The van der Waals surface area contributed by atoms with Gasteiger partial charge in [-0.1, -0.05) is 33.8 Å². The topological polar surface area (TPSA) is 28.2 Å². The van der Waals surface area contributed by atoms with Crippen LogP contribution in [0.1, 0.15) is 52.1 Å². The molecule has 112 valence electrons. The smallest absolute Gasteiger partial charge is 0.130 e. The van der Waals surface area contributed by atoms with E-state index in [2.05, 4.69) is 55.0 Å². The summed E-state index contributed by atoms with van der Waals surface area (Å²) in [7, 11) is 0. The van der Waals surface area contributed by atoms with E-state index in [1.165, 1.54) is 31.5 Å². The maximum Gasteiger partial charge on any atom is 0.130 e. The Hall–Kier alpha value is -1.09. The number of hydrogen-bond donors (Lipinski definition) is 1. The molecule has 0 amide bonds. The van der Waals surface area contributed by atoms with Crippen LogP contribution < -0.4 is 5.32 Å². The van der Waals surface area contributed by atoms with Crippen LogP contribution in [0.3, 0.4) is 0 Å². The Morgan fingerprint density at radius 2 is 2.10 bits per heavy atom. The van der Waals surface area contributed by atoms with Crippen molar-refractivity contribution in [3.63, 3.8) is 0 Å². The summed E-state index contributed by atoms with van der Waals surface area (Å²) in [4.78, 5) is 7.20. The molecule has 1 saturated heterocycles. The van der Waals surface area contributed by atoms with E-state index in [1.54, 1.807) is 0 Å². The minimum Gasteiger partial charge on any atom is -0.370 e. The van der Waals surface area contributed by atoms with Crippen molar-refractivity contribution >= 4 is 5.82 Å². The lowest BCUT2D eigenvalue weighted by Gasteiger charge is -2.27. The van der Waals surface area contributed by atoms with E-state index in [-0.39, 0.29) is 0 Å². The average Bonchev–Trinajstić information content (AvgIpc) is 2.83. The molecule has 0 bridgehead atoms. The first kappa shape index (κ1) is 15.3. The molecule has 2 rings (SSSR count). The minimum absolute atomic E-state index is 0.542. The second-order valence-electron chi connectivity index (χ2n) is 6.76. The van der Waals surface area contributed by atoms with Crippen LogP contribution in [0, 0.1) is 11.8 Å². The van der Waals surface area contributed by atoms with Gasteiger partial charge in [-0.25, -0.2) is 4.98 Å². The van der Waals surface area contributed by atoms with Crippen molar-refractivity contribution in [2.24, 2.45) is 11.8 Å². The maximum atomic E-state index is 4.57. The van der Waals surface area contributed by atoms with E-state index in [0.29, 0.717) is 12.0 Å². The Bertz CT molecular complexity index is 414. The standard InChI is InChI=1S/C17H29N3/c1-13(2)11-19-17-15(7-5-9-18-17)16-8-6-10-20(16)12-14(3)4/h5,7,9,13-14,16H,6,8,10-12H2,1-4H3,(H,18,19)/t16-/m0/s1. The minimum atomic E-state index is 0.542. The third-order valence-electron chi connectivity index (χ3n) is 3.84. The third kappa shape index (κ3) is 3.95. The predicted octanol–water partition coefficient (Wildman–Crippen LogP) is 3.94. The van der Waals surface area contributed by atoms with Gasteiger partial charge in [-0.05, 0) is 37.3 Å². The van der Waals surface area contributed by atoms with Gasteiger partial charge in [-0.3, -0.25) is 4.90 Å². The molecule has 3 nitrogen and oxygen atoms in total. The van der Waals surface area contributed by atoms with Crippen molar-refractivity contribution < 1.29 is 0 Å². The molecule has 1 aromatic rings. The summed E-state index contributed by atoms with van der Waals surface area (Å²) in [5.74, 6) is 2.45. The van der Waals surface area contributed by atoms with Crippen molar-refractivity contribution in [2.45, 2.75) is 46.6 Å². The lowest BCUT2D eigenvalue weighted by molar-refractivity contribution is 0.229. The van der Waals surface area contributed by atoms with E-state index >= 15 is 0 Å². The third-order valence-corrected chi connectivity index (χ3v) is 3.84. The number of nitrogens with zero attached hydrogens (tertiary/aromatic N) is 2. The van der Waals surface area contributed by atoms with Crippen LogP contribution in [0.5, 0.6) is 0 Å². The van der Waals surface area contributed by atoms with Crippen molar-refractivity contribution in [1.82, 2.24) is 9.88 Å². The van der Waals surface area contributed by atoms with Crippen LogP contribution in [0.2, 0.25) is 0 Å². The van der Waals surface area contributed by atoms with Gasteiger partial charge in [-0.2, -0.15) is 0 Å². The fraction of sp³-hybridized carbons (Fsp3) is 0.706. The first-order valence-corrected chi connectivity index (χ1v) is 8.00. The van der Waals surface area contributed by atoms with Crippen molar-refractivity contribution in [1.29, 1.82) is 0 Å². The zero-order valence-corrected chi connectivity index (χ0v) is 13.4. The fourth-order valence-corrected chi connectivity index (χ4v) is 3.00. The van der Waals surface area contributed by atoms with Gasteiger partial charge in [0.1, 0.15) is 5.82 Å². The van der Waals surface area contributed by atoms with Gasteiger partial charge in [0.25, 0.3) is 0 Å². The molecular formula is C17H29N3. The van der Waals surface area contributed by atoms with E-state index in [9.17, 15) is 0 Å². The molecule has 1 atom stereocenters. The molecular weight excluding hydrogens is 246 g/mol. The van der Waals surface area contributed by atoms with Crippen LogP contribution in [-0.2, 0) is 0 Å². The van der Waals surface area contributed by atoms with Gasteiger partial charge in [0.2, 0.25) is 0 Å². The summed E-state index contributed by atoms with van der Waals surface area (Å²) >= 11 is 0. The zero-order chi connectivity index (χ0) is 14.5. The maximum absolute atomic E-state index is 4.57. The monoisotopic (exact) mass is 275 g/mol. The Kier molecular flexibility index (Phi) is 5.41. The van der Waals surface area contributed by atoms with E-state index in [1.807, 2.05) is 6.20 Å². The molecule has 1 aromatic heterocycles. The van der Waals surface area contributed by atoms with Crippen molar-refractivity contribution in [2.75, 3.05) is 25.0 Å². The molecule has 3 heteroatoms. The highest BCUT2D eigenvalue weighted by Crippen LogP contribution is 2.35. The van der Waals surface area contributed by atoms with Gasteiger partial charge in [0.15, 0.2) is 0 Å². The van der Waals surface area contributed by atoms with Crippen LogP contribution in [-0.4, -0.2) is 29.5 Å². The lowest BCUT2D eigenvalue weighted by Crippen LogP contribution is -2.28. The molecule has 1 aliphatic heterocycles. The number of nitrogens with one attached hydrogen (secondary N) is 1. The van der Waals surface area contributed by atoms with Gasteiger partial charge < -0.3 is 5.32 Å². The van der Waals surface area contributed by atoms with Gasteiger partial charge in [-0.15, -0.1) is 0 Å². The number of rotatable bonds is 6. The zero-order valence-electron chi connectivity index (χ0n) is 13.4. The molecule has 0 spiro atoms. The lowest BCUT2D eigenvalue weighted by atomic mass is 10.0. The Morgan fingerprint density at radius 1 is 1.30 bits per heavy atom. The molecule has 1 fully saturated rings. The summed E-state index contributed by atoms with van der Waals surface area (Å²) in [5, 5.41) is 3.53. The van der Waals surface area contributed by atoms with Gasteiger partial charge >= 0.3 is 0 Å². The molecule has 20 heavy (non-hydrogen) atoms. The van der Waals surface area contributed by atoms with Crippen molar-refractivity contribution in [3.8, 4) is 0 Å². The number of aromatic nitrogens is 1. The van der Waals surface area contributed by atoms with Crippen LogP contribution in [0.15, 0.2) is 18.3 Å². The van der Waals surface area contributed by atoms with E-state index in [4.69, 9.17) is 0 Å². The molecule has 0 aromatic carbocycles. The molecule has 0 aliphatic carbocycles. The number of likely N-dealkylation sites (tertiary alicyclic amines) is 1. The highest BCUT2D eigenvalue weighted by Gasteiger charge is 2.28. The van der Waals surface area contributed by atoms with E-state index < -0.39 is 0 Å². The molecule has 0 unspecified atom stereocenters. The summed E-state index contributed by atoms with van der Waals surface area (Å²) in [6.45, 7) is 12.5. The Balaban J connectivity index is 2.14. The number of anilines is 1. The van der Waals surface area contributed by atoms with Gasteiger partial charge in [0, 0.05) is 30.9 Å². The Labute approximate surface area is 123 Å². The molecule has 1 aliphatic rings. The first-order valence-electron chi connectivity index (χ1n) is 8.00. The van der Waals surface area contributed by atoms with Gasteiger partial charge in [0.05, 0.1) is 0 Å². The molecule has 0 radical (unpaired) electrons. The fourth-order valence-electron chi connectivity index (χ4n) is 3.00. The number of pyridine rings is 1. The SMILES string of the molecule is CC(C)CNc1ncccc1[C@@H]1CCCN1CC(C)C. The summed E-state index contributed by atoms with van der Waals surface area (Å²) < 4.78 is 0. The second kappa shape index (κ2) is 7.07. The quantitative estimate of drug-likeness (QED) is 0.852. The van der Waals surface area contributed by atoms with E-state index in [0.717, 1.165) is 18.3 Å². The largest absolute Gasteiger partial charge is 0.370 e. The molecule has 0 saturated carbocycles. The summed E-state index contributed by atoms with van der Waals surface area (Å²) in [6, 6.07) is 4.86. The first-order chi connectivity index (χ1) is 9.58. The highest BCUT2D eigenvalue weighted by molar-refractivity contribution is 5.46. The molecule has 1 N–H and O–H groups in total. The second-order valence-corrected chi connectivity index (χ2v) is 6.76.